The number of nitrogens with one attached hydrogen (secondary N) is 1. The van der Waals surface area contributed by atoms with Gasteiger partial charge < -0.3 is 10.2 Å². The molecule has 2 unspecified atom stereocenters. The van der Waals surface area contributed by atoms with Crippen LogP contribution in [0.1, 0.15) is 52.4 Å². The minimum atomic E-state index is -0.710. The number of amides is 3. The van der Waals surface area contributed by atoms with Crippen LogP contribution >= 0.6 is 0 Å². The molecule has 0 aromatic carbocycles. The number of nitrogens with zero attached hydrogens (tertiary/aromatic N) is 2. The molecule has 0 aromatic rings. The van der Waals surface area contributed by atoms with E-state index in [0.717, 1.165) is 12.8 Å². The second-order valence-corrected chi connectivity index (χ2v) is 6.45. The molecule has 0 saturated carbocycles. The average Bonchev–Trinajstić information content (AvgIpc) is 2.83. The van der Waals surface area contributed by atoms with Crippen molar-refractivity contribution in [1.82, 2.24) is 15.3 Å². The molecule has 1 N–H and O–H groups in total. The molecule has 2 aliphatic heterocycles. The standard InChI is InChI=1S/C16H25N3O5/c1-11-4-3-5-12(2)18(11)10-13(20)17-9-8-16(23)24-19-14(21)6-7-15(19)22/h11-12H,3-10H2,1-2H3,(H,17,20)/i8+1,9+1,13+1,16+1,18+1. The van der Waals surface area contributed by atoms with Crippen LogP contribution in [0.15, 0.2) is 0 Å². The van der Waals surface area contributed by atoms with Crippen LogP contribution in [0.3, 0.4) is 0 Å². The van der Waals surface area contributed by atoms with E-state index in [9.17, 15) is 19.2 Å². The van der Waals surface area contributed by atoms with Gasteiger partial charge in [0.05, 0.1) is 13.0 Å². The lowest BCUT2D eigenvalue weighted by Crippen LogP contribution is -2.48. The maximum atomic E-state index is 12.0. The molecule has 134 valence electrons. The molecule has 2 fully saturated rings. The Bertz CT molecular complexity index is 496. The smallest absolute Gasteiger partial charge is 0.334 e. The molecule has 2 saturated heterocycles. The van der Waals surface area contributed by atoms with Crippen LogP contribution in [0.2, 0.25) is 0 Å². The summed E-state index contributed by atoms with van der Waals surface area (Å²) < 4.78 is 0. The summed E-state index contributed by atoms with van der Waals surface area (Å²) in [4.78, 5) is 53.2. The Kier molecular flexibility index (Phi) is 6.30. The first-order valence-corrected chi connectivity index (χ1v) is 8.47. The Labute approximate surface area is 141 Å². The molecule has 2 aliphatic rings. The molecule has 2 atom stereocenters. The number of piperidine rings is 1. The van der Waals surface area contributed by atoms with Gasteiger partial charge in [0.15, 0.2) is 0 Å². The lowest BCUT2D eigenvalue weighted by atomic mass is 10.0. The lowest BCUT2D eigenvalue weighted by molar-refractivity contribution is -0.197. The highest BCUT2D eigenvalue weighted by atomic mass is 16.8. The number of hydrogen-bond donors (Lipinski definition) is 1. The van der Waals surface area contributed by atoms with Crippen LogP contribution < -0.4 is 5.32 Å². The molecule has 0 aromatic heterocycles. The summed E-state index contributed by atoms with van der Waals surface area (Å²) in [5, 5.41) is 3.19. The molecule has 8 heteroatoms. The maximum absolute atomic E-state index is 12.0. The third kappa shape index (κ3) is 4.77. The summed E-state index contributed by atoms with van der Waals surface area (Å²) in [6.07, 6.45) is 3.39. The lowest BCUT2D eigenvalue weighted by Gasteiger charge is -2.38. The summed E-state index contributed by atoms with van der Waals surface area (Å²) >= 11 is 0. The predicted octanol–water partition coefficient (Wildman–Crippen LogP) is 0.363. The molecule has 24 heavy (non-hydrogen) atoms. The van der Waals surface area contributed by atoms with Crippen LogP contribution in [0, 0.1) is 0 Å². The Morgan fingerprint density at radius 1 is 1.12 bits per heavy atom. The average molecular weight is 344 g/mol. The van der Waals surface area contributed by atoms with E-state index < -0.39 is 17.8 Å². The van der Waals surface area contributed by atoms with E-state index in [4.69, 9.17) is 4.84 Å². The fourth-order valence-electron chi connectivity index (χ4n) is 3.12. The summed E-state index contributed by atoms with van der Waals surface area (Å²) in [6, 6.07) is 0.744. The first-order chi connectivity index (χ1) is 11.4. The Hall–Kier alpha value is -1.96. The van der Waals surface area contributed by atoms with E-state index in [1.54, 1.807) is 0 Å². The van der Waals surface area contributed by atoms with Crippen LogP contribution in [0.25, 0.3) is 0 Å². The summed E-state index contributed by atoms with van der Waals surface area (Å²) in [7, 11) is 0. The topological polar surface area (TPSA) is 96.0 Å². The molecule has 2 heterocycles. The van der Waals surface area contributed by atoms with Crippen molar-refractivity contribution >= 4 is 23.7 Å². The van der Waals surface area contributed by atoms with Crippen LogP contribution in [0.5, 0.6) is 0 Å². The van der Waals surface area contributed by atoms with Crippen LogP contribution in [-0.2, 0) is 24.0 Å². The Morgan fingerprint density at radius 2 is 1.71 bits per heavy atom. The molecule has 0 bridgehead atoms. The minimum Gasteiger partial charge on any atom is -0.354 e. The number of carbonyl (C=O) groups is 4. The highest BCUT2D eigenvalue weighted by molar-refractivity contribution is 6.01. The summed E-state index contributed by atoms with van der Waals surface area (Å²) in [6.45, 7) is 4.65. The first kappa shape index (κ1) is 18.4. The van der Waals surface area contributed by atoms with Crippen molar-refractivity contribution in [3.05, 3.63) is 0 Å². The van der Waals surface area contributed by atoms with E-state index in [0.29, 0.717) is 23.7 Å². The van der Waals surface area contributed by atoms with Gasteiger partial charge >= 0.3 is 5.97 Å². The number of likely N-dealkylation sites (tertiary alicyclic amines) is 1. The summed E-state index contributed by atoms with van der Waals surface area (Å²) in [5.74, 6) is -1.87. The van der Waals surface area contributed by atoms with E-state index in [2.05, 4.69) is 24.1 Å². The molecule has 8 nitrogen and oxygen atoms in total. The molecular formula is C16H25N3O5. The van der Waals surface area contributed by atoms with Crippen molar-refractivity contribution in [3.8, 4) is 0 Å². The maximum Gasteiger partial charge on any atom is 0.334 e. The van der Waals surface area contributed by atoms with Crippen molar-refractivity contribution in [3.63, 3.8) is 0 Å². The third-order valence-electron chi connectivity index (χ3n) is 4.55. The number of hydroxylamine groups is 2. The monoisotopic (exact) mass is 344 g/mol. The number of imide groups is 1. The van der Waals surface area contributed by atoms with Crippen molar-refractivity contribution in [1.29, 1.82) is 0 Å². The van der Waals surface area contributed by atoms with Gasteiger partial charge in [-0.1, -0.05) is 6.42 Å². The van der Waals surface area contributed by atoms with E-state index >= 15 is 0 Å². The van der Waals surface area contributed by atoms with Crippen molar-refractivity contribution in [2.24, 2.45) is 0 Å². The van der Waals surface area contributed by atoms with Gasteiger partial charge in [0, 0.05) is 31.5 Å². The van der Waals surface area contributed by atoms with Crippen molar-refractivity contribution < 1.29 is 24.0 Å². The van der Waals surface area contributed by atoms with Gasteiger partial charge in [-0.2, -0.15) is 0 Å². The quantitative estimate of drug-likeness (QED) is 0.425. The van der Waals surface area contributed by atoms with Gasteiger partial charge in [0.25, 0.3) is 11.8 Å². The minimum absolute atomic E-state index is 0.0645. The zero-order valence-electron chi connectivity index (χ0n) is 14.2. The molecule has 2 rings (SSSR count). The fourth-order valence-corrected chi connectivity index (χ4v) is 3.12. The zero-order chi connectivity index (χ0) is 17.7. The van der Waals surface area contributed by atoms with E-state index in [-0.39, 0.29) is 31.7 Å². The predicted molar refractivity (Wildman–Crippen MR) is 84.3 cm³/mol. The molecule has 0 aliphatic carbocycles. The molecule has 0 spiro atoms. The van der Waals surface area contributed by atoms with E-state index in [1.807, 2.05) is 0 Å². The molecule has 0 radical (unpaired) electrons. The summed E-state index contributed by atoms with van der Waals surface area (Å²) in [5.41, 5.74) is 0. The van der Waals surface area contributed by atoms with Gasteiger partial charge in [-0.05, 0) is 26.7 Å². The largest absolute Gasteiger partial charge is 0.354 e. The van der Waals surface area contributed by atoms with Crippen molar-refractivity contribution in [2.45, 2.75) is 64.5 Å². The fraction of sp³-hybridized carbons (Fsp3) is 0.750. The van der Waals surface area contributed by atoms with Gasteiger partial charge in [-0.15, -0.1) is 5.06 Å². The van der Waals surface area contributed by atoms with Gasteiger partial charge in [-0.25, -0.2) is 4.79 Å². The Morgan fingerprint density at radius 3 is 2.29 bits per heavy atom. The molecular weight excluding hydrogens is 319 g/mol. The third-order valence-corrected chi connectivity index (χ3v) is 4.55. The first-order valence-electron chi connectivity index (χ1n) is 8.47. The normalized spacial score (nSPS) is 25.0. The van der Waals surface area contributed by atoms with Crippen molar-refractivity contribution in [2.75, 3.05) is 13.1 Å². The zero-order valence-corrected chi connectivity index (χ0v) is 14.2. The number of rotatable bonds is 6. The van der Waals surface area contributed by atoms with Gasteiger partial charge in [0.1, 0.15) is 0 Å². The molecule has 3 amide bonds. The second kappa shape index (κ2) is 8.23. The van der Waals surface area contributed by atoms with E-state index in [1.165, 1.54) is 6.42 Å². The number of carbonyl (C=O) groups excluding carboxylic acids is 4. The van der Waals surface area contributed by atoms with Gasteiger partial charge in [-0.3, -0.25) is 19.3 Å². The highest BCUT2D eigenvalue weighted by Gasteiger charge is 2.32. The highest BCUT2D eigenvalue weighted by Crippen LogP contribution is 2.21. The van der Waals surface area contributed by atoms with Gasteiger partial charge in [0.2, 0.25) is 5.91 Å². The van der Waals surface area contributed by atoms with Crippen LogP contribution in [-0.4, -0.2) is 58.8 Å². The number of hydrogen-bond acceptors (Lipinski definition) is 6. The SMILES string of the molecule is CC1CCCC(C)[15N]1C[13C](=O)N[13CH2][13CH2][13C](=O)ON1C(=O)CCC1=O. The second-order valence-electron chi connectivity index (χ2n) is 6.45. The van der Waals surface area contributed by atoms with Crippen LogP contribution in [0.4, 0.5) is 0 Å². The Balaban J connectivity index is 1.67.